The van der Waals surface area contributed by atoms with Crippen LogP contribution < -0.4 is 11.1 Å². The maximum Gasteiger partial charge on any atom is 0.249 e. The highest BCUT2D eigenvalue weighted by Gasteiger charge is 2.39. The Bertz CT molecular complexity index is 345. The lowest BCUT2D eigenvalue weighted by Gasteiger charge is -2.40. The van der Waals surface area contributed by atoms with Crippen LogP contribution in [0.15, 0.2) is 0 Å². The summed E-state index contributed by atoms with van der Waals surface area (Å²) in [7, 11) is 0. The first-order valence-corrected chi connectivity index (χ1v) is 7.68. The van der Waals surface area contributed by atoms with Crippen molar-refractivity contribution < 1.29 is 9.53 Å². The Hall–Kier alpha value is -0.680. The summed E-state index contributed by atoms with van der Waals surface area (Å²) in [5.74, 6) is 0.646. The highest BCUT2D eigenvalue weighted by atomic mass is 32.1. The normalized spacial score (nSPS) is 35.6. The molecule has 108 valence electrons. The standard InChI is InChI=1S/C14H24N2O2S/c1-10-5-7-14(8-6-10,13(15)19)16-12(17)11-4-2-3-9-18-11/h10-11H,2-9H2,1H3,(H2,15,19)(H,16,17). The molecular formula is C14H24N2O2S. The molecule has 0 aromatic rings. The Kier molecular flexibility index (Phi) is 4.79. The third-order valence-corrected chi connectivity index (χ3v) is 4.82. The number of nitrogens with one attached hydrogen (secondary N) is 1. The Morgan fingerprint density at radius 1 is 1.32 bits per heavy atom. The van der Waals surface area contributed by atoms with Crippen molar-refractivity contribution in [1.29, 1.82) is 0 Å². The Morgan fingerprint density at radius 3 is 2.53 bits per heavy atom. The number of rotatable bonds is 3. The number of carbonyl (C=O) groups excluding carboxylic acids is 1. The summed E-state index contributed by atoms with van der Waals surface area (Å²) in [5.41, 5.74) is 5.41. The molecule has 0 aromatic heterocycles. The van der Waals surface area contributed by atoms with Crippen molar-refractivity contribution in [2.75, 3.05) is 6.61 Å². The van der Waals surface area contributed by atoms with Crippen molar-refractivity contribution in [3.05, 3.63) is 0 Å². The summed E-state index contributed by atoms with van der Waals surface area (Å²) in [6.45, 7) is 2.91. The fourth-order valence-corrected chi connectivity index (χ4v) is 3.21. The zero-order valence-corrected chi connectivity index (χ0v) is 12.4. The number of hydrogen-bond donors (Lipinski definition) is 2. The van der Waals surface area contributed by atoms with Crippen molar-refractivity contribution in [2.24, 2.45) is 11.7 Å². The summed E-state index contributed by atoms with van der Waals surface area (Å²) < 4.78 is 5.53. The molecule has 1 atom stereocenters. The van der Waals surface area contributed by atoms with Crippen LogP contribution >= 0.6 is 12.2 Å². The summed E-state index contributed by atoms with van der Waals surface area (Å²) in [4.78, 5) is 12.7. The predicted octanol–water partition coefficient (Wildman–Crippen LogP) is 1.91. The van der Waals surface area contributed by atoms with Crippen LogP contribution in [0.1, 0.15) is 51.9 Å². The lowest BCUT2D eigenvalue weighted by molar-refractivity contribution is -0.137. The van der Waals surface area contributed by atoms with Gasteiger partial charge in [-0.05, 0) is 50.9 Å². The van der Waals surface area contributed by atoms with Crippen molar-refractivity contribution in [3.63, 3.8) is 0 Å². The maximum absolute atomic E-state index is 12.3. The van der Waals surface area contributed by atoms with Gasteiger partial charge in [-0.2, -0.15) is 0 Å². The average molecular weight is 284 g/mol. The van der Waals surface area contributed by atoms with Gasteiger partial charge in [-0.3, -0.25) is 4.79 Å². The minimum atomic E-state index is -0.486. The third-order valence-electron chi connectivity index (χ3n) is 4.43. The van der Waals surface area contributed by atoms with E-state index in [2.05, 4.69) is 12.2 Å². The number of hydrogen-bond acceptors (Lipinski definition) is 3. The van der Waals surface area contributed by atoms with Gasteiger partial charge in [-0.25, -0.2) is 0 Å². The molecule has 1 unspecified atom stereocenters. The van der Waals surface area contributed by atoms with Gasteiger partial charge in [0, 0.05) is 6.61 Å². The van der Waals surface area contributed by atoms with E-state index in [9.17, 15) is 4.79 Å². The second kappa shape index (κ2) is 6.18. The molecule has 1 aliphatic carbocycles. The van der Waals surface area contributed by atoms with E-state index in [0.29, 0.717) is 17.5 Å². The summed E-state index contributed by atoms with van der Waals surface area (Å²) in [6.07, 6.45) is 6.39. The molecule has 4 nitrogen and oxygen atoms in total. The topological polar surface area (TPSA) is 64.3 Å². The van der Waals surface area contributed by atoms with Gasteiger partial charge in [0.25, 0.3) is 0 Å². The van der Waals surface area contributed by atoms with Crippen molar-refractivity contribution >= 4 is 23.1 Å². The van der Waals surface area contributed by atoms with E-state index in [1.54, 1.807) is 0 Å². The highest BCUT2D eigenvalue weighted by Crippen LogP contribution is 2.32. The molecule has 1 saturated heterocycles. The molecule has 1 aliphatic heterocycles. The first-order valence-electron chi connectivity index (χ1n) is 7.27. The van der Waals surface area contributed by atoms with Crippen LogP contribution in [0, 0.1) is 5.92 Å². The van der Waals surface area contributed by atoms with Crippen LogP contribution in [0.2, 0.25) is 0 Å². The first kappa shape index (κ1) is 14.7. The second-order valence-electron chi connectivity index (χ2n) is 5.97. The Labute approximate surface area is 120 Å². The zero-order valence-electron chi connectivity index (χ0n) is 11.6. The first-order chi connectivity index (χ1) is 9.03. The Morgan fingerprint density at radius 2 is 2.00 bits per heavy atom. The monoisotopic (exact) mass is 284 g/mol. The van der Waals surface area contributed by atoms with Gasteiger partial charge >= 0.3 is 0 Å². The molecule has 1 amide bonds. The minimum Gasteiger partial charge on any atom is -0.391 e. The molecule has 3 N–H and O–H groups in total. The molecule has 2 rings (SSSR count). The third kappa shape index (κ3) is 3.45. The van der Waals surface area contributed by atoms with Crippen LogP contribution in [0.5, 0.6) is 0 Å². The molecule has 0 radical (unpaired) electrons. The van der Waals surface area contributed by atoms with Crippen molar-refractivity contribution in [1.82, 2.24) is 5.32 Å². The van der Waals surface area contributed by atoms with E-state index in [-0.39, 0.29) is 12.0 Å². The molecule has 2 fully saturated rings. The van der Waals surface area contributed by atoms with Crippen LogP contribution in [0.25, 0.3) is 0 Å². The zero-order chi connectivity index (χ0) is 13.9. The van der Waals surface area contributed by atoms with E-state index in [4.69, 9.17) is 22.7 Å². The van der Waals surface area contributed by atoms with Gasteiger partial charge in [0.2, 0.25) is 5.91 Å². The highest BCUT2D eigenvalue weighted by molar-refractivity contribution is 7.80. The van der Waals surface area contributed by atoms with E-state index in [1.807, 2.05) is 0 Å². The summed E-state index contributed by atoms with van der Waals surface area (Å²) in [5, 5.41) is 3.09. The van der Waals surface area contributed by atoms with Crippen molar-refractivity contribution in [2.45, 2.75) is 63.5 Å². The van der Waals surface area contributed by atoms with Crippen LogP contribution in [-0.4, -0.2) is 29.1 Å². The van der Waals surface area contributed by atoms with E-state index >= 15 is 0 Å². The second-order valence-corrected chi connectivity index (χ2v) is 6.41. The van der Waals surface area contributed by atoms with E-state index < -0.39 is 5.54 Å². The molecule has 2 aliphatic rings. The molecule has 0 bridgehead atoms. The quantitative estimate of drug-likeness (QED) is 0.777. The van der Waals surface area contributed by atoms with Gasteiger partial charge in [0.15, 0.2) is 0 Å². The SMILES string of the molecule is CC1CCC(NC(=O)C2CCCCO2)(C(N)=S)CC1. The fraction of sp³-hybridized carbons (Fsp3) is 0.857. The Balaban J connectivity index is 2.00. The summed E-state index contributed by atoms with van der Waals surface area (Å²) >= 11 is 5.21. The van der Waals surface area contributed by atoms with Crippen molar-refractivity contribution in [3.8, 4) is 0 Å². The molecule has 0 spiro atoms. The number of thiocarbonyl (C=S) groups is 1. The molecular weight excluding hydrogens is 260 g/mol. The minimum absolute atomic E-state index is 0.0398. The van der Waals surface area contributed by atoms with E-state index in [1.165, 1.54) is 0 Å². The average Bonchev–Trinajstić information content (AvgIpc) is 2.42. The van der Waals surface area contributed by atoms with Gasteiger partial charge < -0.3 is 15.8 Å². The molecule has 0 aromatic carbocycles. The number of amides is 1. The number of nitrogens with two attached hydrogens (primary N) is 1. The van der Waals surface area contributed by atoms with Gasteiger partial charge in [0.05, 0.1) is 10.5 Å². The van der Waals surface area contributed by atoms with Crippen LogP contribution in [0.3, 0.4) is 0 Å². The number of carbonyl (C=O) groups is 1. The van der Waals surface area contributed by atoms with Gasteiger partial charge in [-0.15, -0.1) is 0 Å². The van der Waals surface area contributed by atoms with Gasteiger partial charge in [0.1, 0.15) is 6.10 Å². The van der Waals surface area contributed by atoms with Crippen LogP contribution in [0.4, 0.5) is 0 Å². The van der Waals surface area contributed by atoms with Crippen LogP contribution in [-0.2, 0) is 9.53 Å². The smallest absolute Gasteiger partial charge is 0.249 e. The fourth-order valence-electron chi connectivity index (χ4n) is 2.95. The molecule has 19 heavy (non-hydrogen) atoms. The van der Waals surface area contributed by atoms with E-state index in [0.717, 1.165) is 44.9 Å². The lowest BCUT2D eigenvalue weighted by Crippen LogP contribution is -2.60. The largest absolute Gasteiger partial charge is 0.391 e. The molecule has 1 saturated carbocycles. The molecule has 1 heterocycles. The summed E-state index contributed by atoms with van der Waals surface area (Å²) in [6, 6.07) is 0. The maximum atomic E-state index is 12.3. The van der Waals surface area contributed by atoms with Gasteiger partial charge in [-0.1, -0.05) is 19.1 Å². The lowest BCUT2D eigenvalue weighted by atomic mass is 9.77. The molecule has 5 heteroatoms. The predicted molar refractivity (Wildman–Crippen MR) is 78.9 cm³/mol. The number of ether oxygens (including phenoxy) is 1.